The number of hydrogen-bond donors (Lipinski definition) is 8. The highest BCUT2D eigenvalue weighted by Crippen LogP contribution is 2.50. The minimum atomic E-state index is -5.47. The molecule has 4 aromatic carbocycles. The van der Waals surface area contributed by atoms with Crippen LogP contribution >= 0.6 is 0 Å². The third-order valence-corrected chi connectivity index (χ3v) is 9.95. The molecule has 0 heterocycles. The maximum atomic E-state index is 12.4. The zero-order valence-corrected chi connectivity index (χ0v) is 28.8. The highest BCUT2D eigenvalue weighted by molar-refractivity contribution is 7.86. The number of azo groups is 2. The summed E-state index contributed by atoms with van der Waals surface area (Å²) in [6, 6.07) is 6.20. The molecule has 0 aliphatic carbocycles. The minimum absolute atomic E-state index is 0.0755. The van der Waals surface area contributed by atoms with Crippen LogP contribution in [0.3, 0.4) is 0 Å². The molecule has 0 bridgehead atoms. The topological polar surface area (TPSA) is 366 Å². The third kappa shape index (κ3) is 8.93. The van der Waals surface area contributed by atoms with Crippen LogP contribution in [0.5, 0.6) is 23.0 Å². The summed E-state index contributed by atoms with van der Waals surface area (Å²) in [5.41, 5.74) is -3.65. The SMILES string of the molecule is O=S(=O)(O)c1ccc(S(=O)(=O)O)c(/N=N/c2c(S(=O)(=O)O)cc3cc(S(=O)(=O)O)c(/N=N/c4cc(OCCO)ccc4OCCO)c(O)c3c2O)c1. The van der Waals surface area contributed by atoms with Gasteiger partial charge in [0.25, 0.3) is 40.5 Å². The molecule has 0 aliphatic rings. The van der Waals surface area contributed by atoms with E-state index in [0.717, 1.165) is 0 Å². The maximum Gasteiger partial charge on any atom is 0.296 e. The van der Waals surface area contributed by atoms with Gasteiger partial charge in [-0.25, -0.2) is 0 Å². The molecule has 0 unspecified atom stereocenters. The van der Waals surface area contributed by atoms with Gasteiger partial charge < -0.3 is 29.9 Å². The zero-order chi connectivity index (χ0) is 38.8. The summed E-state index contributed by atoms with van der Waals surface area (Å²) < 4.78 is 146. The Labute approximate surface area is 292 Å². The number of phenolic OH excluding ortho intramolecular Hbond substituents is 2. The first kappa shape index (κ1) is 39.9. The summed E-state index contributed by atoms with van der Waals surface area (Å²) >= 11 is 0. The number of nitrogens with zero attached hydrogens (tertiary/aromatic N) is 4. The van der Waals surface area contributed by atoms with Gasteiger partial charge in [0.2, 0.25) is 0 Å². The van der Waals surface area contributed by atoms with Gasteiger partial charge in [-0.05, 0) is 47.9 Å². The molecular formula is C26H24N4O18S4. The molecule has 280 valence electrons. The number of fused-ring (bicyclic) bond motifs is 1. The van der Waals surface area contributed by atoms with E-state index in [2.05, 4.69) is 20.5 Å². The van der Waals surface area contributed by atoms with E-state index < -0.39 is 106 Å². The Morgan fingerprint density at radius 1 is 0.538 bits per heavy atom. The predicted octanol–water partition coefficient (Wildman–Crippen LogP) is 2.81. The lowest BCUT2D eigenvalue weighted by atomic mass is 10.1. The van der Waals surface area contributed by atoms with Crippen LogP contribution in [-0.4, -0.2) is 98.7 Å². The van der Waals surface area contributed by atoms with Crippen molar-refractivity contribution in [1.82, 2.24) is 0 Å². The van der Waals surface area contributed by atoms with E-state index in [4.69, 9.17) is 19.7 Å². The second-order valence-electron chi connectivity index (χ2n) is 9.95. The summed E-state index contributed by atoms with van der Waals surface area (Å²) in [5, 5.41) is 53.2. The fraction of sp³-hybridized carbons (Fsp3) is 0.154. The lowest BCUT2D eigenvalue weighted by Gasteiger charge is -2.14. The molecule has 0 spiro atoms. The Bertz CT molecular complexity index is 2580. The van der Waals surface area contributed by atoms with Crippen LogP contribution in [0.15, 0.2) is 88.6 Å². The van der Waals surface area contributed by atoms with E-state index in [1.807, 2.05) is 0 Å². The number of aliphatic hydroxyl groups excluding tert-OH is 2. The first-order valence-electron chi connectivity index (χ1n) is 13.6. The zero-order valence-electron chi connectivity index (χ0n) is 25.5. The van der Waals surface area contributed by atoms with Gasteiger partial charge in [-0.2, -0.15) is 33.7 Å². The first-order valence-corrected chi connectivity index (χ1v) is 19.4. The van der Waals surface area contributed by atoms with Gasteiger partial charge in [0.15, 0.2) is 11.5 Å². The lowest BCUT2D eigenvalue weighted by molar-refractivity contribution is 0.198. The monoisotopic (exact) mass is 808 g/mol. The van der Waals surface area contributed by atoms with Crippen molar-refractivity contribution in [3.63, 3.8) is 0 Å². The van der Waals surface area contributed by atoms with Gasteiger partial charge in [0.05, 0.1) is 23.5 Å². The summed E-state index contributed by atoms with van der Waals surface area (Å²) in [6.45, 7) is -1.26. The van der Waals surface area contributed by atoms with E-state index in [-0.39, 0.29) is 37.0 Å². The molecule has 52 heavy (non-hydrogen) atoms. The number of rotatable bonds is 14. The largest absolute Gasteiger partial charge is 0.505 e. The molecule has 0 saturated heterocycles. The second kappa shape index (κ2) is 15.0. The average Bonchev–Trinajstić information content (AvgIpc) is 3.03. The fourth-order valence-corrected chi connectivity index (χ4v) is 6.74. The second-order valence-corrected chi connectivity index (χ2v) is 15.5. The van der Waals surface area contributed by atoms with Crippen LogP contribution in [0.25, 0.3) is 10.8 Å². The van der Waals surface area contributed by atoms with Crippen LogP contribution < -0.4 is 9.47 Å². The number of aromatic hydroxyl groups is 2. The molecule has 4 aromatic rings. The molecule has 0 aromatic heterocycles. The van der Waals surface area contributed by atoms with Gasteiger partial charge in [0.1, 0.15) is 62.1 Å². The fourth-order valence-electron chi connectivity index (χ4n) is 4.32. The molecule has 8 N–H and O–H groups in total. The highest BCUT2D eigenvalue weighted by atomic mass is 32.2. The average molecular weight is 809 g/mol. The van der Waals surface area contributed by atoms with Crippen molar-refractivity contribution in [2.24, 2.45) is 20.5 Å². The Kier molecular flexibility index (Phi) is 11.5. The normalized spacial score (nSPS) is 13.0. The van der Waals surface area contributed by atoms with Crippen LogP contribution in [0.4, 0.5) is 22.7 Å². The quantitative estimate of drug-likeness (QED) is 0.0670. The van der Waals surface area contributed by atoms with E-state index in [1.165, 1.54) is 18.2 Å². The van der Waals surface area contributed by atoms with Crippen LogP contribution in [0, 0.1) is 0 Å². The Morgan fingerprint density at radius 2 is 1.04 bits per heavy atom. The number of aliphatic hydroxyl groups is 2. The highest BCUT2D eigenvalue weighted by Gasteiger charge is 2.29. The standard InChI is InChI=1S/C26H24N4O18S4/c31-5-7-47-14-1-3-18(48-8-6-32)16(11-14)27-29-23-20(51(41,42)43)9-13-10-21(52(44,45)46)24(26(34)22(13)25(23)33)30-28-17-12-15(49(35,36)37)2-4-19(17)50(38,39)40/h1-4,9-12,31-34H,5-8H2,(H,35,36,37)(H,38,39,40)(H,41,42,43)(H,44,45,46)/b29-27+,30-28+. The van der Waals surface area contributed by atoms with Crippen molar-refractivity contribution in [1.29, 1.82) is 0 Å². The number of hydrogen-bond acceptors (Lipinski definition) is 18. The van der Waals surface area contributed by atoms with E-state index >= 15 is 0 Å². The van der Waals surface area contributed by atoms with Gasteiger partial charge in [-0.1, -0.05) is 0 Å². The van der Waals surface area contributed by atoms with Crippen molar-refractivity contribution in [3.8, 4) is 23.0 Å². The van der Waals surface area contributed by atoms with Gasteiger partial charge >= 0.3 is 0 Å². The third-order valence-electron chi connectivity index (χ3n) is 6.47. The smallest absolute Gasteiger partial charge is 0.296 e. The van der Waals surface area contributed by atoms with Crippen molar-refractivity contribution in [2.45, 2.75) is 19.6 Å². The van der Waals surface area contributed by atoms with Crippen LogP contribution in [0.2, 0.25) is 0 Å². The summed E-state index contributed by atoms with van der Waals surface area (Å²) in [5.74, 6) is -2.71. The van der Waals surface area contributed by atoms with E-state index in [0.29, 0.717) is 30.3 Å². The molecule has 0 aliphatic heterocycles. The lowest BCUT2D eigenvalue weighted by Crippen LogP contribution is -2.03. The molecule has 0 radical (unpaired) electrons. The minimum Gasteiger partial charge on any atom is -0.505 e. The molecule has 0 saturated carbocycles. The first-order chi connectivity index (χ1) is 24.1. The van der Waals surface area contributed by atoms with E-state index in [1.54, 1.807) is 0 Å². The maximum absolute atomic E-state index is 12.4. The summed E-state index contributed by atoms with van der Waals surface area (Å²) in [7, 11) is -21.1. The van der Waals surface area contributed by atoms with Crippen molar-refractivity contribution < 1.29 is 81.8 Å². The van der Waals surface area contributed by atoms with Gasteiger partial charge in [-0.15, -0.1) is 20.5 Å². The van der Waals surface area contributed by atoms with E-state index in [9.17, 15) is 62.1 Å². The number of benzene rings is 4. The van der Waals surface area contributed by atoms with Crippen molar-refractivity contribution in [3.05, 3.63) is 48.5 Å². The van der Waals surface area contributed by atoms with Crippen molar-refractivity contribution >= 4 is 74.0 Å². The molecule has 0 atom stereocenters. The van der Waals surface area contributed by atoms with Crippen LogP contribution in [0.1, 0.15) is 0 Å². The number of ether oxygens (including phenoxy) is 2. The molecule has 0 amide bonds. The van der Waals surface area contributed by atoms with Crippen LogP contribution in [-0.2, 0) is 40.5 Å². The Morgan fingerprint density at radius 3 is 1.52 bits per heavy atom. The van der Waals surface area contributed by atoms with Crippen molar-refractivity contribution in [2.75, 3.05) is 26.4 Å². The predicted molar refractivity (Wildman–Crippen MR) is 173 cm³/mol. The Hall–Kier alpha value is -4.90. The summed E-state index contributed by atoms with van der Waals surface area (Å²) in [4.78, 5) is -4.69. The molecule has 4 rings (SSSR count). The molecular weight excluding hydrogens is 785 g/mol. The van der Waals surface area contributed by atoms with Gasteiger partial charge in [0, 0.05) is 6.07 Å². The molecule has 22 nitrogen and oxygen atoms in total. The molecule has 26 heteroatoms. The Balaban J connectivity index is 2.04. The summed E-state index contributed by atoms with van der Waals surface area (Å²) in [6.07, 6.45) is 0. The molecule has 0 fully saturated rings. The number of phenols is 2. The van der Waals surface area contributed by atoms with Gasteiger partial charge in [-0.3, -0.25) is 18.2 Å².